The molecule has 4 aromatic rings. The summed E-state index contributed by atoms with van der Waals surface area (Å²) in [7, 11) is 1.59. The molecule has 0 aliphatic carbocycles. The van der Waals surface area contributed by atoms with Crippen molar-refractivity contribution in [2.75, 3.05) is 7.11 Å². The third-order valence-corrected chi connectivity index (χ3v) is 5.58. The fourth-order valence-electron chi connectivity index (χ4n) is 3.28. The maximum Gasteiger partial charge on any atom is 0.295 e. The number of fused-ring (bicyclic) bond motifs is 1. The summed E-state index contributed by atoms with van der Waals surface area (Å²) in [5, 5.41) is 1.96. The molecule has 154 valence electrons. The number of nitrogens with zero attached hydrogens (tertiary/aromatic N) is 2. The summed E-state index contributed by atoms with van der Waals surface area (Å²) in [6.07, 6.45) is -2.70. The van der Waals surface area contributed by atoms with E-state index >= 15 is 0 Å². The molecule has 0 unspecified atom stereocenters. The van der Waals surface area contributed by atoms with E-state index in [0.717, 1.165) is 10.4 Å². The number of ether oxygens (including phenoxy) is 1. The van der Waals surface area contributed by atoms with Crippen LogP contribution in [-0.4, -0.2) is 27.9 Å². The van der Waals surface area contributed by atoms with Gasteiger partial charge in [-0.05, 0) is 35.7 Å². The maximum atomic E-state index is 13.4. The van der Waals surface area contributed by atoms with Crippen LogP contribution in [0.4, 0.5) is 8.78 Å². The van der Waals surface area contributed by atoms with Crippen LogP contribution in [0.3, 0.4) is 0 Å². The number of methoxy groups -OCH3 is 1. The number of carbonyl (C=O) groups excluding carboxylic acids is 1. The second-order valence-corrected chi connectivity index (χ2v) is 7.74. The van der Waals surface area contributed by atoms with E-state index in [0.29, 0.717) is 35.4 Å². The van der Waals surface area contributed by atoms with Gasteiger partial charge in [0.1, 0.15) is 5.75 Å². The van der Waals surface area contributed by atoms with Crippen molar-refractivity contribution in [3.05, 3.63) is 81.8 Å². The summed E-state index contributed by atoms with van der Waals surface area (Å²) in [5.74, 6) is 0.0931. The van der Waals surface area contributed by atoms with Crippen molar-refractivity contribution in [3.8, 4) is 5.75 Å². The molecule has 2 aromatic carbocycles. The van der Waals surface area contributed by atoms with Crippen LogP contribution >= 0.6 is 11.3 Å². The van der Waals surface area contributed by atoms with Crippen LogP contribution in [0.2, 0.25) is 0 Å². The molecule has 0 bridgehead atoms. The number of halogens is 2. The largest absolute Gasteiger partial charge is 0.496 e. The number of rotatable bonds is 7. The van der Waals surface area contributed by atoms with Crippen LogP contribution < -0.4 is 4.74 Å². The molecule has 1 N–H and O–H groups in total. The van der Waals surface area contributed by atoms with E-state index in [1.165, 1.54) is 0 Å². The average Bonchev–Trinajstić information content (AvgIpc) is 3.42. The molecule has 2 heterocycles. The zero-order chi connectivity index (χ0) is 21.1. The number of carbonyl (C=O) groups is 1. The summed E-state index contributed by atoms with van der Waals surface area (Å²) in [5.41, 5.74) is 2.09. The SMILES string of the molecule is COc1ccccc1CN(Cc1cccs1)C(=O)c1ccc2nc(C(F)F)[nH]c2c1. The number of alkyl halides is 2. The molecule has 5 nitrogen and oxygen atoms in total. The second-order valence-electron chi connectivity index (χ2n) is 6.71. The van der Waals surface area contributed by atoms with Crippen LogP contribution in [0.5, 0.6) is 5.75 Å². The molecule has 2 aromatic heterocycles. The molecule has 0 atom stereocenters. The zero-order valence-corrected chi connectivity index (χ0v) is 17.0. The molecule has 0 spiro atoms. The number of amides is 1. The average molecular weight is 427 g/mol. The molecule has 4 rings (SSSR count). The maximum absolute atomic E-state index is 13.4. The highest BCUT2D eigenvalue weighted by molar-refractivity contribution is 7.09. The van der Waals surface area contributed by atoms with Gasteiger partial charge in [-0.3, -0.25) is 4.79 Å². The molecule has 8 heteroatoms. The number of para-hydroxylation sites is 1. The minimum atomic E-state index is -2.70. The van der Waals surface area contributed by atoms with Crippen LogP contribution in [0, 0.1) is 0 Å². The molecule has 0 radical (unpaired) electrons. The third-order valence-electron chi connectivity index (χ3n) is 4.72. The van der Waals surface area contributed by atoms with E-state index in [2.05, 4.69) is 9.97 Å². The number of hydrogen-bond donors (Lipinski definition) is 1. The van der Waals surface area contributed by atoms with Gasteiger partial charge in [0.05, 0.1) is 31.2 Å². The fourth-order valence-corrected chi connectivity index (χ4v) is 4.00. The third kappa shape index (κ3) is 4.18. The van der Waals surface area contributed by atoms with Crippen molar-refractivity contribution in [2.45, 2.75) is 19.5 Å². The van der Waals surface area contributed by atoms with Crippen molar-refractivity contribution in [1.82, 2.24) is 14.9 Å². The predicted molar refractivity (Wildman–Crippen MR) is 112 cm³/mol. The Bertz CT molecular complexity index is 1160. The number of nitrogens with one attached hydrogen (secondary N) is 1. The number of aromatic nitrogens is 2. The molecule has 0 fully saturated rings. The predicted octanol–water partition coefficient (Wildman–Crippen LogP) is 5.41. The first-order valence-electron chi connectivity index (χ1n) is 9.26. The molecular weight excluding hydrogens is 408 g/mol. The highest BCUT2D eigenvalue weighted by Gasteiger charge is 2.20. The Morgan fingerprint density at radius 2 is 2.00 bits per heavy atom. The Morgan fingerprint density at radius 3 is 2.73 bits per heavy atom. The monoisotopic (exact) mass is 427 g/mol. The van der Waals surface area contributed by atoms with Crippen LogP contribution in [0.25, 0.3) is 11.0 Å². The van der Waals surface area contributed by atoms with Gasteiger partial charge in [0, 0.05) is 16.0 Å². The fraction of sp³-hybridized carbons (Fsp3) is 0.182. The van der Waals surface area contributed by atoms with Gasteiger partial charge < -0.3 is 14.6 Å². The smallest absolute Gasteiger partial charge is 0.295 e. The Balaban J connectivity index is 1.67. The lowest BCUT2D eigenvalue weighted by atomic mass is 10.1. The van der Waals surface area contributed by atoms with Crippen LogP contribution in [-0.2, 0) is 13.1 Å². The Labute approximate surface area is 175 Å². The Kier molecular flexibility index (Phi) is 5.76. The van der Waals surface area contributed by atoms with Gasteiger partial charge in [0.2, 0.25) is 0 Å². The second kappa shape index (κ2) is 8.62. The first kappa shape index (κ1) is 20.0. The van der Waals surface area contributed by atoms with Crippen molar-refractivity contribution in [2.24, 2.45) is 0 Å². The minimum Gasteiger partial charge on any atom is -0.496 e. The van der Waals surface area contributed by atoms with Gasteiger partial charge in [-0.1, -0.05) is 24.3 Å². The summed E-state index contributed by atoms with van der Waals surface area (Å²) in [6, 6.07) is 16.2. The van der Waals surface area contributed by atoms with E-state index in [1.54, 1.807) is 41.5 Å². The summed E-state index contributed by atoms with van der Waals surface area (Å²) < 4.78 is 31.3. The number of thiophene rings is 1. The number of benzene rings is 2. The van der Waals surface area contributed by atoms with E-state index in [4.69, 9.17) is 4.74 Å². The minimum absolute atomic E-state index is 0.204. The topological polar surface area (TPSA) is 58.2 Å². The summed E-state index contributed by atoms with van der Waals surface area (Å²) in [6.45, 7) is 0.780. The van der Waals surface area contributed by atoms with Gasteiger partial charge >= 0.3 is 0 Å². The number of H-pyrrole nitrogens is 1. The van der Waals surface area contributed by atoms with Crippen molar-refractivity contribution in [1.29, 1.82) is 0 Å². The Hall–Kier alpha value is -3.26. The summed E-state index contributed by atoms with van der Waals surface area (Å²) in [4.78, 5) is 22.6. The van der Waals surface area contributed by atoms with Gasteiger partial charge in [-0.25, -0.2) is 13.8 Å². The van der Waals surface area contributed by atoms with Gasteiger partial charge in [-0.15, -0.1) is 11.3 Å². The molecular formula is C22H19F2N3O2S. The zero-order valence-electron chi connectivity index (χ0n) is 16.1. The van der Waals surface area contributed by atoms with Crippen LogP contribution in [0.15, 0.2) is 60.0 Å². The van der Waals surface area contributed by atoms with E-state index in [1.807, 2.05) is 41.8 Å². The lowest BCUT2D eigenvalue weighted by Gasteiger charge is -2.23. The number of imidazole rings is 1. The van der Waals surface area contributed by atoms with E-state index in [9.17, 15) is 13.6 Å². The highest BCUT2D eigenvalue weighted by Crippen LogP contribution is 2.25. The lowest BCUT2D eigenvalue weighted by Crippen LogP contribution is -2.30. The molecule has 1 amide bonds. The first-order valence-corrected chi connectivity index (χ1v) is 10.1. The van der Waals surface area contributed by atoms with E-state index < -0.39 is 12.2 Å². The molecule has 0 saturated carbocycles. The number of aromatic amines is 1. The van der Waals surface area contributed by atoms with Crippen LogP contribution in [0.1, 0.15) is 33.0 Å². The molecule has 30 heavy (non-hydrogen) atoms. The van der Waals surface area contributed by atoms with Crippen molar-refractivity contribution in [3.63, 3.8) is 0 Å². The molecule has 0 saturated heterocycles. The van der Waals surface area contributed by atoms with Gasteiger partial charge in [0.15, 0.2) is 5.82 Å². The van der Waals surface area contributed by atoms with Crippen molar-refractivity contribution >= 4 is 28.3 Å². The normalized spacial score (nSPS) is 11.2. The van der Waals surface area contributed by atoms with Gasteiger partial charge in [-0.2, -0.15) is 0 Å². The summed E-state index contributed by atoms with van der Waals surface area (Å²) >= 11 is 1.57. The van der Waals surface area contributed by atoms with E-state index in [-0.39, 0.29) is 5.91 Å². The molecule has 0 aliphatic heterocycles. The Morgan fingerprint density at radius 1 is 1.17 bits per heavy atom. The number of hydrogen-bond acceptors (Lipinski definition) is 4. The standard InChI is InChI=1S/C22H19F2N3O2S/c1-29-19-7-3-2-5-15(19)12-27(13-16-6-4-10-30-16)22(28)14-8-9-17-18(11-14)26-21(25-17)20(23)24/h2-11,20H,12-13H2,1H3,(H,25,26). The van der Waals surface area contributed by atoms with Gasteiger partial charge in [0.25, 0.3) is 12.3 Å². The quantitative estimate of drug-likeness (QED) is 0.429. The lowest BCUT2D eigenvalue weighted by molar-refractivity contribution is 0.0731. The van der Waals surface area contributed by atoms with Crippen molar-refractivity contribution < 1.29 is 18.3 Å². The first-order chi connectivity index (χ1) is 14.5. The highest BCUT2D eigenvalue weighted by atomic mass is 32.1. The molecule has 0 aliphatic rings.